The first-order chi connectivity index (χ1) is 7.39. The predicted octanol–water partition coefficient (Wildman–Crippen LogP) is 1.95. The average molecular weight is 224 g/mol. The fourth-order valence-corrected chi connectivity index (χ4v) is 2.97. The van der Waals surface area contributed by atoms with Gasteiger partial charge in [-0.2, -0.15) is 0 Å². The van der Waals surface area contributed by atoms with E-state index in [0.717, 1.165) is 25.7 Å². The van der Waals surface area contributed by atoms with Crippen LogP contribution in [0.15, 0.2) is 0 Å². The van der Waals surface area contributed by atoms with Crippen molar-refractivity contribution in [3.05, 3.63) is 0 Å². The molecule has 3 N–H and O–H groups in total. The van der Waals surface area contributed by atoms with Crippen molar-refractivity contribution in [2.45, 2.75) is 70.4 Å². The molecular formula is C13H24N2O. The maximum absolute atomic E-state index is 11.8. The summed E-state index contributed by atoms with van der Waals surface area (Å²) in [5.41, 5.74) is 6.29. The Bertz CT molecular complexity index is 282. The molecule has 16 heavy (non-hydrogen) atoms. The van der Waals surface area contributed by atoms with E-state index in [0.29, 0.717) is 17.9 Å². The van der Waals surface area contributed by atoms with Gasteiger partial charge in [0.05, 0.1) is 0 Å². The number of carbonyl (C=O) groups is 1. The molecule has 0 spiro atoms. The number of rotatable bonds is 3. The van der Waals surface area contributed by atoms with Gasteiger partial charge in [0.1, 0.15) is 0 Å². The third-order valence-corrected chi connectivity index (χ3v) is 4.20. The van der Waals surface area contributed by atoms with Crippen molar-refractivity contribution < 1.29 is 4.79 Å². The molecule has 1 unspecified atom stereocenters. The van der Waals surface area contributed by atoms with E-state index in [4.69, 9.17) is 5.73 Å². The molecular weight excluding hydrogens is 200 g/mol. The summed E-state index contributed by atoms with van der Waals surface area (Å²) in [6.07, 6.45) is 7.16. The SMILES string of the molecule is CC1(C)CCC(NC(=O)CC2(N)CCC2)C1. The van der Waals surface area contributed by atoms with Crippen LogP contribution >= 0.6 is 0 Å². The Morgan fingerprint density at radius 3 is 2.50 bits per heavy atom. The molecule has 0 saturated heterocycles. The normalized spacial score (nSPS) is 30.8. The van der Waals surface area contributed by atoms with Gasteiger partial charge in [-0.15, -0.1) is 0 Å². The summed E-state index contributed by atoms with van der Waals surface area (Å²) < 4.78 is 0. The van der Waals surface area contributed by atoms with Gasteiger partial charge in [0.2, 0.25) is 5.91 Å². The molecule has 0 aliphatic heterocycles. The van der Waals surface area contributed by atoms with Crippen molar-refractivity contribution in [3.63, 3.8) is 0 Å². The second-order valence-electron chi connectivity index (χ2n) is 6.56. The molecule has 0 radical (unpaired) electrons. The number of carbonyl (C=O) groups excluding carboxylic acids is 1. The van der Waals surface area contributed by atoms with Gasteiger partial charge in [-0.05, 0) is 43.9 Å². The second kappa shape index (κ2) is 4.02. The van der Waals surface area contributed by atoms with E-state index in [1.807, 2.05) is 0 Å². The second-order valence-corrected chi connectivity index (χ2v) is 6.56. The Balaban J connectivity index is 1.75. The van der Waals surface area contributed by atoms with E-state index in [9.17, 15) is 4.79 Å². The van der Waals surface area contributed by atoms with Crippen molar-refractivity contribution in [1.29, 1.82) is 0 Å². The highest BCUT2D eigenvalue weighted by molar-refractivity contribution is 5.77. The Kier molecular flexibility index (Phi) is 2.99. The standard InChI is InChI=1S/C13H24N2O/c1-12(2)7-4-10(8-12)15-11(16)9-13(14)5-3-6-13/h10H,3-9,14H2,1-2H3,(H,15,16). The Hall–Kier alpha value is -0.570. The highest BCUT2D eigenvalue weighted by Crippen LogP contribution is 2.37. The zero-order valence-electron chi connectivity index (χ0n) is 10.5. The molecule has 0 heterocycles. The Morgan fingerprint density at radius 1 is 1.38 bits per heavy atom. The van der Waals surface area contributed by atoms with Crippen LogP contribution in [0.5, 0.6) is 0 Å². The minimum absolute atomic E-state index is 0.157. The minimum Gasteiger partial charge on any atom is -0.353 e. The molecule has 92 valence electrons. The van der Waals surface area contributed by atoms with Crippen molar-refractivity contribution in [2.75, 3.05) is 0 Å². The maximum Gasteiger partial charge on any atom is 0.222 e. The number of hydrogen-bond acceptors (Lipinski definition) is 2. The maximum atomic E-state index is 11.8. The van der Waals surface area contributed by atoms with Gasteiger partial charge in [-0.25, -0.2) is 0 Å². The van der Waals surface area contributed by atoms with Crippen molar-refractivity contribution in [1.82, 2.24) is 5.32 Å². The van der Waals surface area contributed by atoms with E-state index in [-0.39, 0.29) is 11.4 Å². The van der Waals surface area contributed by atoms with E-state index in [1.54, 1.807) is 0 Å². The van der Waals surface area contributed by atoms with Gasteiger partial charge in [0.25, 0.3) is 0 Å². The van der Waals surface area contributed by atoms with Gasteiger partial charge in [-0.1, -0.05) is 13.8 Å². The molecule has 0 bridgehead atoms. The molecule has 1 amide bonds. The van der Waals surface area contributed by atoms with Gasteiger partial charge in [-0.3, -0.25) is 4.79 Å². The van der Waals surface area contributed by atoms with Crippen LogP contribution in [0.1, 0.15) is 58.8 Å². The molecule has 0 aromatic heterocycles. The lowest BCUT2D eigenvalue weighted by molar-refractivity contribution is -0.123. The zero-order valence-corrected chi connectivity index (χ0v) is 10.5. The lowest BCUT2D eigenvalue weighted by atomic mass is 9.75. The van der Waals surface area contributed by atoms with Crippen LogP contribution < -0.4 is 11.1 Å². The fourth-order valence-electron chi connectivity index (χ4n) is 2.97. The molecule has 0 aromatic carbocycles. The highest BCUT2D eigenvalue weighted by Gasteiger charge is 2.36. The van der Waals surface area contributed by atoms with Crippen molar-refractivity contribution in [2.24, 2.45) is 11.1 Å². The van der Waals surface area contributed by atoms with Crippen LogP contribution in [-0.2, 0) is 4.79 Å². The van der Waals surface area contributed by atoms with Gasteiger partial charge < -0.3 is 11.1 Å². The summed E-state index contributed by atoms with van der Waals surface area (Å²) in [5, 5.41) is 3.14. The number of amides is 1. The van der Waals surface area contributed by atoms with E-state index < -0.39 is 0 Å². The smallest absolute Gasteiger partial charge is 0.222 e. The molecule has 2 saturated carbocycles. The number of nitrogens with one attached hydrogen (secondary N) is 1. The fraction of sp³-hybridized carbons (Fsp3) is 0.923. The largest absolute Gasteiger partial charge is 0.353 e. The third-order valence-electron chi connectivity index (χ3n) is 4.20. The van der Waals surface area contributed by atoms with Crippen LogP contribution in [0.4, 0.5) is 0 Å². The molecule has 2 aliphatic rings. The summed E-state index contributed by atoms with van der Waals surface area (Å²) in [4.78, 5) is 11.8. The first kappa shape index (κ1) is 11.9. The first-order valence-electron chi connectivity index (χ1n) is 6.47. The third kappa shape index (κ3) is 2.76. The van der Waals surface area contributed by atoms with Crippen LogP contribution in [0, 0.1) is 5.41 Å². The highest BCUT2D eigenvalue weighted by atomic mass is 16.1. The summed E-state index contributed by atoms with van der Waals surface area (Å²) in [6.45, 7) is 4.55. The average Bonchev–Trinajstić information content (AvgIpc) is 2.42. The monoisotopic (exact) mass is 224 g/mol. The van der Waals surface area contributed by atoms with Gasteiger partial charge >= 0.3 is 0 Å². The van der Waals surface area contributed by atoms with Gasteiger partial charge in [0, 0.05) is 18.0 Å². The molecule has 2 rings (SSSR count). The molecule has 3 heteroatoms. The van der Waals surface area contributed by atoms with Gasteiger partial charge in [0.15, 0.2) is 0 Å². The summed E-state index contributed by atoms with van der Waals surface area (Å²) in [6, 6.07) is 0.381. The van der Waals surface area contributed by atoms with Crippen molar-refractivity contribution >= 4 is 5.91 Å². The van der Waals surface area contributed by atoms with E-state index in [1.165, 1.54) is 12.8 Å². The lowest BCUT2D eigenvalue weighted by Crippen LogP contribution is -2.50. The molecule has 0 aromatic rings. The molecule has 2 aliphatic carbocycles. The predicted molar refractivity (Wildman–Crippen MR) is 64.9 cm³/mol. The lowest BCUT2D eigenvalue weighted by Gasteiger charge is -2.37. The van der Waals surface area contributed by atoms with E-state index in [2.05, 4.69) is 19.2 Å². The quantitative estimate of drug-likeness (QED) is 0.770. The summed E-state index contributed by atoms with van der Waals surface area (Å²) in [5.74, 6) is 0.157. The van der Waals surface area contributed by atoms with Crippen LogP contribution in [-0.4, -0.2) is 17.5 Å². The zero-order chi connectivity index (χ0) is 11.8. The molecule has 2 fully saturated rings. The first-order valence-corrected chi connectivity index (χ1v) is 6.47. The van der Waals surface area contributed by atoms with Crippen molar-refractivity contribution in [3.8, 4) is 0 Å². The van der Waals surface area contributed by atoms with Crippen LogP contribution in [0.2, 0.25) is 0 Å². The Labute approximate surface area is 98.2 Å². The van der Waals surface area contributed by atoms with Crippen LogP contribution in [0.25, 0.3) is 0 Å². The summed E-state index contributed by atoms with van der Waals surface area (Å²) in [7, 11) is 0. The van der Waals surface area contributed by atoms with Crippen LogP contribution in [0.3, 0.4) is 0 Å². The minimum atomic E-state index is -0.182. The van der Waals surface area contributed by atoms with E-state index >= 15 is 0 Å². The topological polar surface area (TPSA) is 55.1 Å². The molecule has 3 nitrogen and oxygen atoms in total. The molecule has 1 atom stereocenters. The summed E-state index contributed by atoms with van der Waals surface area (Å²) >= 11 is 0. The number of nitrogens with two attached hydrogens (primary N) is 1. The number of hydrogen-bond donors (Lipinski definition) is 2. The Morgan fingerprint density at radius 2 is 2.06 bits per heavy atom.